The van der Waals surface area contributed by atoms with Gasteiger partial charge in [-0.05, 0) is 50.4 Å². The molecule has 0 saturated carbocycles. The molecule has 3 nitrogen and oxygen atoms in total. The van der Waals surface area contributed by atoms with Gasteiger partial charge in [0.1, 0.15) is 5.82 Å². The van der Waals surface area contributed by atoms with E-state index in [1.165, 1.54) is 25.0 Å². The minimum atomic E-state index is -0.534. The van der Waals surface area contributed by atoms with Gasteiger partial charge in [0.05, 0.1) is 5.02 Å². The molecule has 3 rings (SSSR count). The lowest BCUT2D eigenvalue weighted by molar-refractivity contribution is 0.0433. The molecule has 1 unspecified atom stereocenters. The number of halogens is 2. The van der Waals surface area contributed by atoms with Gasteiger partial charge in [-0.3, -0.25) is 4.79 Å². The van der Waals surface area contributed by atoms with E-state index >= 15 is 0 Å². The Morgan fingerprint density at radius 2 is 2.14 bits per heavy atom. The quantitative estimate of drug-likeness (QED) is 0.864. The van der Waals surface area contributed by atoms with Crippen molar-refractivity contribution in [1.82, 2.24) is 10.2 Å². The van der Waals surface area contributed by atoms with E-state index in [9.17, 15) is 9.18 Å². The first kappa shape index (κ1) is 14.8. The van der Waals surface area contributed by atoms with E-state index in [1.807, 2.05) is 4.90 Å². The number of nitrogens with zero attached hydrogens (tertiary/aromatic N) is 1. The van der Waals surface area contributed by atoms with E-state index in [0.717, 1.165) is 39.0 Å². The summed E-state index contributed by atoms with van der Waals surface area (Å²) in [6.45, 7) is 3.57. The molecule has 0 radical (unpaired) electrons. The van der Waals surface area contributed by atoms with E-state index in [-0.39, 0.29) is 16.3 Å². The summed E-state index contributed by atoms with van der Waals surface area (Å²) < 4.78 is 13.5. The number of carbonyl (C=O) groups is 1. The Hall–Kier alpha value is -1.13. The lowest BCUT2D eigenvalue weighted by atomic mass is 9.74. The average Bonchev–Trinajstić information content (AvgIpc) is 2.50. The number of piperidine rings is 2. The molecule has 1 aromatic rings. The fourth-order valence-corrected chi connectivity index (χ4v) is 3.69. The lowest BCUT2D eigenvalue weighted by Gasteiger charge is -2.45. The molecular weight excluding hydrogens is 291 g/mol. The smallest absolute Gasteiger partial charge is 0.253 e. The zero-order valence-electron chi connectivity index (χ0n) is 12.0. The van der Waals surface area contributed by atoms with Gasteiger partial charge in [-0.25, -0.2) is 4.39 Å². The van der Waals surface area contributed by atoms with E-state index in [0.29, 0.717) is 5.56 Å². The van der Waals surface area contributed by atoms with Gasteiger partial charge in [-0.1, -0.05) is 11.6 Å². The van der Waals surface area contributed by atoms with Crippen LogP contribution >= 0.6 is 11.6 Å². The molecule has 21 heavy (non-hydrogen) atoms. The van der Waals surface area contributed by atoms with Crippen LogP contribution in [0.15, 0.2) is 18.2 Å². The molecule has 1 N–H and O–H groups in total. The van der Waals surface area contributed by atoms with E-state index < -0.39 is 5.82 Å². The molecule has 1 aromatic carbocycles. The molecule has 2 aliphatic rings. The van der Waals surface area contributed by atoms with Gasteiger partial charge < -0.3 is 10.2 Å². The maximum atomic E-state index is 13.5. The highest BCUT2D eigenvalue weighted by Crippen LogP contribution is 2.36. The van der Waals surface area contributed by atoms with Crippen LogP contribution < -0.4 is 5.32 Å². The first-order chi connectivity index (χ1) is 10.1. The second-order valence-electron chi connectivity index (χ2n) is 6.24. The van der Waals surface area contributed by atoms with Crippen LogP contribution in [0.2, 0.25) is 5.02 Å². The summed E-state index contributed by atoms with van der Waals surface area (Å²) in [5.41, 5.74) is 0.592. The molecule has 5 heteroatoms. The minimum absolute atomic E-state index is 0.0538. The third-order valence-electron chi connectivity index (χ3n) is 4.68. The minimum Gasteiger partial charge on any atom is -0.338 e. The Bertz CT molecular complexity index is 538. The van der Waals surface area contributed by atoms with Gasteiger partial charge in [-0.15, -0.1) is 0 Å². The standard InChI is InChI=1S/C16H20ClFN2O/c17-13-4-3-12(9-14(13)18)15(21)20-8-2-6-16(11-20)5-1-7-19-10-16/h3-4,9,19H,1-2,5-8,10-11H2. The molecule has 1 atom stereocenters. The highest BCUT2D eigenvalue weighted by atomic mass is 35.5. The summed E-state index contributed by atoms with van der Waals surface area (Å²) in [5, 5.41) is 3.50. The summed E-state index contributed by atoms with van der Waals surface area (Å²) in [5.74, 6) is -0.621. The molecule has 114 valence electrons. The van der Waals surface area contributed by atoms with Crippen molar-refractivity contribution in [3.63, 3.8) is 0 Å². The largest absolute Gasteiger partial charge is 0.338 e. The number of rotatable bonds is 1. The molecule has 2 fully saturated rings. The van der Waals surface area contributed by atoms with Crippen molar-refractivity contribution in [1.29, 1.82) is 0 Å². The summed E-state index contributed by atoms with van der Waals surface area (Å²) in [6.07, 6.45) is 4.51. The number of hydrogen-bond donors (Lipinski definition) is 1. The molecule has 2 aliphatic heterocycles. The molecule has 2 heterocycles. The van der Waals surface area contributed by atoms with Crippen LogP contribution in [0.5, 0.6) is 0 Å². The molecule has 0 aliphatic carbocycles. The fourth-order valence-electron chi connectivity index (χ4n) is 3.57. The third kappa shape index (κ3) is 3.06. The highest BCUT2D eigenvalue weighted by Gasteiger charge is 2.38. The fraction of sp³-hybridized carbons (Fsp3) is 0.562. The normalized spacial score (nSPS) is 26.1. The van der Waals surface area contributed by atoms with Gasteiger partial charge in [0.2, 0.25) is 0 Å². The van der Waals surface area contributed by atoms with Crippen LogP contribution in [-0.2, 0) is 0 Å². The second-order valence-corrected chi connectivity index (χ2v) is 6.65. The molecule has 1 spiro atoms. The van der Waals surface area contributed by atoms with Crippen molar-refractivity contribution in [2.24, 2.45) is 5.41 Å². The highest BCUT2D eigenvalue weighted by molar-refractivity contribution is 6.30. The van der Waals surface area contributed by atoms with E-state index in [4.69, 9.17) is 11.6 Å². The van der Waals surface area contributed by atoms with Crippen LogP contribution in [0.25, 0.3) is 0 Å². The van der Waals surface area contributed by atoms with Crippen LogP contribution in [0, 0.1) is 11.2 Å². The van der Waals surface area contributed by atoms with Crippen molar-refractivity contribution >= 4 is 17.5 Å². The Labute approximate surface area is 129 Å². The predicted molar refractivity (Wildman–Crippen MR) is 81.1 cm³/mol. The van der Waals surface area contributed by atoms with Gasteiger partial charge in [0, 0.05) is 30.6 Å². The number of benzene rings is 1. The zero-order chi connectivity index (χ0) is 14.9. The van der Waals surface area contributed by atoms with Crippen LogP contribution in [0.1, 0.15) is 36.0 Å². The number of amides is 1. The van der Waals surface area contributed by atoms with Crippen molar-refractivity contribution < 1.29 is 9.18 Å². The molecule has 1 amide bonds. The van der Waals surface area contributed by atoms with Crippen LogP contribution in [0.4, 0.5) is 4.39 Å². The summed E-state index contributed by atoms with van der Waals surface area (Å²) >= 11 is 5.68. The van der Waals surface area contributed by atoms with Gasteiger partial charge in [-0.2, -0.15) is 0 Å². The maximum absolute atomic E-state index is 13.5. The van der Waals surface area contributed by atoms with Crippen LogP contribution in [0.3, 0.4) is 0 Å². The Morgan fingerprint density at radius 1 is 1.33 bits per heavy atom. The summed E-state index contributed by atoms with van der Waals surface area (Å²) in [4.78, 5) is 14.5. The maximum Gasteiger partial charge on any atom is 0.253 e. The Balaban J connectivity index is 1.76. The average molecular weight is 311 g/mol. The topological polar surface area (TPSA) is 32.3 Å². The number of hydrogen-bond acceptors (Lipinski definition) is 2. The number of likely N-dealkylation sites (tertiary alicyclic amines) is 1. The molecule has 0 bridgehead atoms. The lowest BCUT2D eigenvalue weighted by Crippen LogP contribution is -2.52. The first-order valence-electron chi connectivity index (χ1n) is 7.55. The summed E-state index contributed by atoms with van der Waals surface area (Å²) in [7, 11) is 0. The first-order valence-corrected chi connectivity index (χ1v) is 7.93. The predicted octanol–water partition coefficient (Wildman–Crippen LogP) is 3.08. The Kier molecular flexibility index (Phi) is 4.18. The van der Waals surface area contributed by atoms with Crippen molar-refractivity contribution in [3.8, 4) is 0 Å². The zero-order valence-corrected chi connectivity index (χ0v) is 12.8. The monoisotopic (exact) mass is 310 g/mol. The SMILES string of the molecule is O=C(c1ccc(Cl)c(F)c1)N1CCCC2(CCCNC2)C1. The van der Waals surface area contributed by atoms with Crippen molar-refractivity contribution in [2.75, 3.05) is 26.2 Å². The van der Waals surface area contributed by atoms with Gasteiger partial charge in [0.25, 0.3) is 5.91 Å². The number of carbonyl (C=O) groups excluding carboxylic acids is 1. The summed E-state index contributed by atoms with van der Waals surface area (Å²) in [6, 6.07) is 4.30. The molecule has 0 aromatic heterocycles. The molecule has 2 saturated heterocycles. The Morgan fingerprint density at radius 3 is 2.86 bits per heavy atom. The van der Waals surface area contributed by atoms with Gasteiger partial charge in [0.15, 0.2) is 0 Å². The van der Waals surface area contributed by atoms with Crippen molar-refractivity contribution in [2.45, 2.75) is 25.7 Å². The second kappa shape index (κ2) is 5.93. The van der Waals surface area contributed by atoms with Gasteiger partial charge >= 0.3 is 0 Å². The third-order valence-corrected chi connectivity index (χ3v) is 4.98. The van der Waals surface area contributed by atoms with Crippen molar-refractivity contribution in [3.05, 3.63) is 34.6 Å². The molecular formula is C16H20ClFN2O. The van der Waals surface area contributed by atoms with E-state index in [2.05, 4.69) is 5.32 Å². The number of nitrogens with one attached hydrogen (secondary N) is 1. The van der Waals surface area contributed by atoms with Crippen LogP contribution in [-0.4, -0.2) is 37.0 Å². The van der Waals surface area contributed by atoms with E-state index in [1.54, 1.807) is 6.07 Å².